The monoisotopic (exact) mass is 305 g/mol. The van der Waals surface area contributed by atoms with Gasteiger partial charge in [-0.1, -0.05) is 24.0 Å². The van der Waals surface area contributed by atoms with Crippen molar-refractivity contribution in [3.05, 3.63) is 47.8 Å². The Labute approximate surface area is 123 Å². The molecule has 0 spiro atoms. The third-order valence-electron chi connectivity index (χ3n) is 2.81. The van der Waals surface area contributed by atoms with Crippen LogP contribution >= 0.6 is 0 Å². The highest BCUT2D eigenvalue weighted by molar-refractivity contribution is 7.89. The van der Waals surface area contributed by atoms with Gasteiger partial charge in [-0.3, -0.25) is 5.10 Å². The van der Waals surface area contributed by atoms with Gasteiger partial charge in [0.05, 0.1) is 6.20 Å². The summed E-state index contributed by atoms with van der Waals surface area (Å²) in [6.07, 6.45) is 2.57. The first-order valence-corrected chi connectivity index (χ1v) is 7.72. The number of hydrogen-bond acceptors (Lipinski definition) is 4. The number of aromatic amines is 1. The Morgan fingerprint density at radius 2 is 2.29 bits per heavy atom. The standard InChI is InChI=1S/C14H15N3O3S/c1-11(17-21(19,20)14-9-15-16-10-14)13-6-2-4-12(8-13)5-3-7-18/h2,4,6,8-11,17-18H,7H2,1H3,(H,15,16). The molecule has 0 aliphatic rings. The molecule has 1 unspecified atom stereocenters. The van der Waals surface area contributed by atoms with E-state index in [1.54, 1.807) is 25.1 Å². The lowest BCUT2D eigenvalue weighted by Crippen LogP contribution is -2.26. The van der Waals surface area contributed by atoms with Crippen molar-refractivity contribution in [2.75, 3.05) is 6.61 Å². The van der Waals surface area contributed by atoms with E-state index in [0.29, 0.717) is 0 Å². The number of aromatic nitrogens is 2. The Balaban J connectivity index is 2.19. The molecule has 1 aromatic carbocycles. The highest BCUT2D eigenvalue weighted by Gasteiger charge is 2.19. The Bertz CT molecular complexity index is 758. The number of aliphatic hydroxyl groups is 1. The molecule has 2 rings (SSSR count). The summed E-state index contributed by atoms with van der Waals surface area (Å²) in [5, 5.41) is 14.8. The van der Waals surface area contributed by atoms with Gasteiger partial charge in [0, 0.05) is 17.8 Å². The summed E-state index contributed by atoms with van der Waals surface area (Å²) in [5.74, 6) is 5.34. The van der Waals surface area contributed by atoms with E-state index in [1.807, 2.05) is 6.07 Å². The van der Waals surface area contributed by atoms with Gasteiger partial charge in [-0.2, -0.15) is 5.10 Å². The smallest absolute Gasteiger partial charge is 0.244 e. The highest BCUT2D eigenvalue weighted by Crippen LogP contribution is 2.17. The van der Waals surface area contributed by atoms with Gasteiger partial charge in [-0.05, 0) is 24.6 Å². The summed E-state index contributed by atoms with van der Waals surface area (Å²) in [6.45, 7) is 1.53. The highest BCUT2D eigenvalue weighted by atomic mass is 32.2. The first kappa shape index (κ1) is 15.3. The van der Waals surface area contributed by atoms with Crippen LogP contribution < -0.4 is 4.72 Å². The maximum Gasteiger partial charge on any atom is 0.244 e. The Hall–Kier alpha value is -2.14. The van der Waals surface area contributed by atoms with Gasteiger partial charge < -0.3 is 5.11 Å². The van der Waals surface area contributed by atoms with Crippen LogP contribution in [0.25, 0.3) is 0 Å². The number of benzene rings is 1. The van der Waals surface area contributed by atoms with Crippen LogP contribution in [0.1, 0.15) is 24.1 Å². The molecule has 6 nitrogen and oxygen atoms in total. The third kappa shape index (κ3) is 3.92. The molecule has 0 saturated carbocycles. The van der Waals surface area contributed by atoms with Crippen LogP contribution in [0, 0.1) is 11.8 Å². The summed E-state index contributed by atoms with van der Waals surface area (Å²) < 4.78 is 26.8. The number of aliphatic hydroxyl groups excluding tert-OH is 1. The molecule has 7 heteroatoms. The molecule has 3 N–H and O–H groups in total. The van der Waals surface area contributed by atoms with Gasteiger partial charge in [-0.25, -0.2) is 13.1 Å². The molecular weight excluding hydrogens is 290 g/mol. The van der Waals surface area contributed by atoms with Crippen molar-refractivity contribution in [1.82, 2.24) is 14.9 Å². The Morgan fingerprint density at radius 1 is 1.48 bits per heavy atom. The lowest BCUT2D eigenvalue weighted by atomic mass is 10.1. The second kappa shape index (κ2) is 6.54. The molecule has 0 amide bonds. The molecule has 0 saturated heterocycles. The fourth-order valence-corrected chi connectivity index (χ4v) is 2.92. The van der Waals surface area contributed by atoms with Gasteiger partial charge in [0.1, 0.15) is 11.5 Å². The molecule has 110 valence electrons. The summed E-state index contributed by atoms with van der Waals surface area (Å²) in [4.78, 5) is 0.0885. The van der Waals surface area contributed by atoms with Crippen molar-refractivity contribution in [2.45, 2.75) is 17.9 Å². The third-order valence-corrected chi connectivity index (χ3v) is 4.32. The number of rotatable bonds is 4. The Kier molecular flexibility index (Phi) is 4.75. The second-order valence-electron chi connectivity index (χ2n) is 4.36. The summed E-state index contributed by atoms with van der Waals surface area (Å²) in [6, 6.07) is 6.77. The quantitative estimate of drug-likeness (QED) is 0.728. The molecule has 0 bridgehead atoms. The topological polar surface area (TPSA) is 95.1 Å². The molecule has 1 aromatic heterocycles. The van der Waals surface area contributed by atoms with Crippen molar-refractivity contribution in [3.63, 3.8) is 0 Å². The molecule has 21 heavy (non-hydrogen) atoms. The molecule has 1 heterocycles. The minimum atomic E-state index is -3.61. The van der Waals surface area contributed by atoms with Crippen molar-refractivity contribution in [2.24, 2.45) is 0 Å². The summed E-state index contributed by atoms with van der Waals surface area (Å²) >= 11 is 0. The largest absolute Gasteiger partial charge is 0.384 e. The lowest BCUT2D eigenvalue weighted by Gasteiger charge is -2.14. The lowest BCUT2D eigenvalue weighted by molar-refractivity contribution is 0.350. The minimum absolute atomic E-state index is 0.0885. The number of nitrogens with one attached hydrogen (secondary N) is 2. The van der Waals surface area contributed by atoms with Gasteiger partial charge >= 0.3 is 0 Å². The SMILES string of the molecule is CC(NS(=O)(=O)c1cn[nH]c1)c1cccc(C#CCO)c1. The van der Waals surface area contributed by atoms with Crippen LogP contribution in [0.3, 0.4) is 0 Å². The summed E-state index contributed by atoms with van der Waals surface area (Å²) in [5.41, 5.74) is 1.50. The van der Waals surface area contributed by atoms with Crippen molar-refractivity contribution >= 4 is 10.0 Å². The molecule has 0 aliphatic heterocycles. The molecule has 2 aromatic rings. The van der Waals surface area contributed by atoms with E-state index in [-0.39, 0.29) is 11.5 Å². The second-order valence-corrected chi connectivity index (χ2v) is 6.08. The zero-order valence-electron chi connectivity index (χ0n) is 11.4. The van der Waals surface area contributed by atoms with Crippen LogP contribution in [0.5, 0.6) is 0 Å². The average Bonchev–Trinajstić information content (AvgIpc) is 3.00. The zero-order chi connectivity index (χ0) is 15.3. The van der Waals surface area contributed by atoms with Crippen molar-refractivity contribution in [3.8, 4) is 11.8 Å². The first-order chi connectivity index (χ1) is 10.0. The number of nitrogens with zero attached hydrogens (tertiary/aromatic N) is 1. The average molecular weight is 305 g/mol. The van der Waals surface area contributed by atoms with Crippen LogP contribution in [-0.4, -0.2) is 30.3 Å². The number of H-pyrrole nitrogens is 1. The van der Waals surface area contributed by atoms with Crippen LogP contribution in [-0.2, 0) is 10.0 Å². The molecule has 0 fully saturated rings. The number of sulfonamides is 1. The van der Waals surface area contributed by atoms with Crippen molar-refractivity contribution in [1.29, 1.82) is 0 Å². The van der Waals surface area contributed by atoms with Crippen molar-refractivity contribution < 1.29 is 13.5 Å². The van der Waals surface area contributed by atoms with E-state index in [2.05, 4.69) is 26.8 Å². The Morgan fingerprint density at radius 3 is 2.95 bits per heavy atom. The molecule has 1 atom stereocenters. The number of hydrogen-bond donors (Lipinski definition) is 3. The predicted molar refractivity (Wildman–Crippen MR) is 77.7 cm³/mol. The molecule has 0 aliphatic carbocycles. The van der Waals surface area contributed by atoms with Gasteiger partial charge in [-0.15, -0.1) is 0 Å². The molecule has 0 radical (unpaired) electrons. The fraction of sp³-hybridized carbons (Fsp3) is 0.214. The van der Waals surface area contributed by atoms with Gasteiger partial charge in [0.25, 0.3) is 0 Å². The zero-order valence-corrected chi connectivity index (χ0v) is 12.2. The minimum Gasteiger partial charge on any atom is -0.384 e. The normalized spacial score (nSPS) is 12.5. The van der Waals surface area contributed by atoms with E-state index in [0.717, 1.165) is 11.1 Å². The van der Waals surface area contributed by atoms with Gasteiger partial charge in [0.2, 0.25) is 10.0 Å². The maximum absolute atomic E-state index is 12.1. The van der Waals surface area contributed by atoms with E-state index in [4.69, 9.17) is 5.11 Å². The van der Waals surface area contributed by atoms with E-state index < -0.39 is 16.1 Å². The first-order valence-electron chi connectivity index (χ1n) is 6.24. The van der Waals surface area contributed by atoms with E-state index in [9.17, 15) is 8.42 Å². The van der Waals surface area contributed by atoms with Crippen LogP contribution in [0.2, 0.25) is 0 Å². The maximum atomic E-state index is 12.1. The fourth-order valence-electron chi connectivity index (χ4n) is 1.78. The van der Waals surface area contributed by atoms with Crippen LogP contribution in [0.4, 0.5) is 0 Å². The van der Waals surface area contributed by atoms with E-state index in [1.165, 1.54) is 12.4 Å². The van der Waals surface area contributed by atoms with Crippen LogP contribution in [0.15, 0.2) is 41.6 Å². The molecular formula is C14H15N3O3S. The van der Waals surface area contributed by atoms with E-state index >= 15 is 0 Å². The summed E-state index contributed by atoms with van der Waals surface area (Å²) in [7, 11) is -3.61. The van der Waals surface area contributed by atoms with Gasteiger partial charge in [0.15, 0.2) is 0 Å². The predicted octanol–water partition coefficient (Wildman–Crippen LogP) is 0.793.